The van der Waals surface area contributed by atoms with E-state index < -0.39 is 0 Å². The Bertz CT molecular complexity index is 695. The average Bonchev–Trinajstić information content (AvgIpc) is 3.25. The number of hydrogen-bond donors (Lipinski definition) is 1. The molecular formula is C21H27N3O. The molecule has 1 N–H and O–H groups in total. The largest absolute Gasteiger partial charge is 0.497 e. The fourth-order valence-electron chi connectivity index (χ4n) is 3.78. The molecule has 0 amide bonds. The maximum Gasteiger partial charge on any atom is 0.119 e. The van der Waals surface area contributed by atoms with Gasteiger partial charge >= 0.3 is 0 Å². The minimum absolute atomic E-state index is 0.630. The van der Waals surface area contributed by atoms with Crippen LogP contribution < -0.4 is 10.1 Å². The Balaban J connectivity index is 1.30. The molecule has 2 heterocycles. The third-order valence-electron chi connectivity index (χ3n) is 5.40. The smallest absolute Gasteiger partial charge is 0.119 e. The third kappa shape index (κ3) is 4.02. The van der Waals surface area contributed by atoms with E-state index in [1.807, 2.05) is 24.4 Å². The molecule has 1 aliphatic carbocycles. The van der Waals surface area contributed by atoms with Crippen LogP contribution in [0, 0.1) is 0 Å². The zero-order valence-electron chi connectivity index (χ0n) is 14.9. The van der Waals surface area contributed by atoms with Gasteiger partial charge in [0, 0.05) is 36.8 Å². The van der Waals surface area contributed by atoms with Gasteiger partial charge in [-0.1, -0.05) is 18.2 Å². The van der Waals surface area contributed by atoms with Crippen LogP contribution in [0.25, 0.3) is 11.3 Å². The van der Waals surface area contributed by atoms with Gasteiger partial charge in [0.2, 0.25) is 0 Å². The number of hydrogen-bond acceptors (Lipinski definition) is 4. The Morgan fingerprint density at radius 1 is 1.20 bits per heavy atom. The van der Waals surface area contributed by atoms with Crippen LogP contribution >= 0.6 is 0 Å². The summed E-state index contributed by atoms with van der Waals surface area (Å²) < 4.78 is 5.30. The van der Waals surface area contributed by atoms with Gasteiger partial charge in [0.25, 0.3) is 0 Å². The summed E-state index contributed by atoms with van der Waals surface area (Å²) >= 11 is 0. The highest BCUT2D eigenvalue weighted by molar-refractivity contribution is 5.61. The fourth-order valence-corrected chi connectivity index (χ4v) is 3.78. The van der Waals surface area contributed by atoms with Crippen molar-refractivity contribution >= 4 is 0 Å². The van der Waals surface area contributed by atoms with Crippen molar-refractivity contribution in [1.82, 2.24) is 15.2 Å². The predicted octanol–water partition coefficient (Wildman–Crippen LogP) is 3.30. The predicted molar refractivity (Wildman–Crippen MR) is 101 cm³/mol. The first kappa shape index (κ1) is 16.6. The maximum absolute atomic E-state index is 5.30. The quantitative estimate of drug-likeness (QED) is 0.841. The summed E-state index contributed by atoms with van der Waals surface area (Å²) in [4.78, 5) is 7.24. The monoisotopic (exact) mass is 337 g/mol. The van der Waals surface area contributed by atoms with Gasteiger partial charge in [-0.3, -0.25) is 4.98 Å². The van der Waals surface area contributed by atoms with Gasteiger partial charge in [0.1, 0.15) is 5.75 Å². The van der Waals surface area contributed by atoms with E-state index in [0.717, 1.165) is 23.6 Å². The van der Waals surface area contributed by atoms with E-state index in [0.29, 0.717) is 12.0 Å². The van der Waals surface area contributed by atoms with Crippen LogP contribution in [0.5, 0.6) is 5.75 Å². The molecule has 25 heavy (non-hydrogen) atoms. The number of methoxy groups -OCH3 is 1. The second-order valence-electron chi connectivity index (χ2n) is 7.16. The zero-order chi connectivity index (χ0) is 17.1. The summed E-state index contributed by atoms with van der Waals surface area (Å²) in [5, 5.41) is 3.71. The van der Waals surface area contributed by atoms with Gasteiger partial charge in [-0.2, -0.15) is 0 Å². The molecule has 2 aliphatic rings. The van der Waals surface area contributed by atoms with E-state index in [1.165, 1.54) is 44.5 Å². The van der Waals surface area contributed by atoms with Crippen molar-refractivity contribution in [1.29, 1.82) is 0 Å². The maximum atomic E-state index is 5.30. The van der Waals surface area contributed by atoms with E-state index in [-0.39, 0.29) is 0 Å². The summed E-state index contributed by atoms with van der Waals surface area (Å²) in [6, 6.07) is 13.1. The molecule has 1 saturated carbocycles. The second-order valence-corrected chi connectivity index (χ2v) is 7.16. The second kappa shape index (κ2) is 7.54. The standard InChI is InChI=1S/C21H27N3O/c1-25-18-6-4-5-16(13-18)20-8-7-17(15-23-20)19-14-21(19)22-9-12-24-10-2-3-11-24/h4-8,13,15,19,21-22H,2-3,9-12,14H2,1H3/t19-,21+/m0/s1. The molecule has 0 spiro atoms. The Morgan fingerprint density at radius 3 is 2.84 bits per heavy atom. The summed E-state index contributed by atoms with van der Waals surface area (Å²) in [5.41, 5.74) is 3.45. The van der Waals surface area contributed by atoms with Gasteiger partial charge in [-0.15, -0.1) is 0 Å². The SMILES string of the molecule is COc1cccc(-c2ccc([C@@H]3C[C@H]3NCCN3CCCC3)cn2)c1. The number of rotatable bonds is 7. The first-order chi connectivity index (χ1) is 12.3. The number of nitrogens with one attached hydrogen (secondary N) is 1. The molecule has 4 rings (SSSR count). The molecule has 1 saturated heterocycles. The Morgan fingerprint density at radius 2 is 2.08 bits per heavy atom. The Hall–Kier alpha value is -1.91. The Kier molecular flexibility index (Phi) is 4.99. The average molecular weight is 337 g/mol. The summed E-state index contributed by atoms with van der Waals surface area (Å²) in [6.07, 6.45) is 6.02. The van der Waals surface area contributed by atoms with Crippen LogP contribution in [0.3, 0.4) is 0 Å². The number of nitrogens with zero attached hydrogens (tertiary/aromatic N) is 2. The highest BCUT2D eigenvalue weighted by Gasteiger charge is 2.38. The van der Waals surface area contributed by atoms with Gasteiger partial charge in [-0.25, -0.2) is 0 Å². The molecule has 2 aromatic rings. The van der Waals surface area contributed by atoms with Gasteiger partial charge in [0.15, 0.2) is 0 Å². The summed E-state index contributed by atoms with van der Waals surface area (Å²) in [5.74, 6) is 1.50. The van der Waals surface area contributed by atoms with Crippen LogP contribution in [0.15, 0.2) is 42.6 Å². The van der Waals surface area contributed by atoms with Crippen molar-refractivity contribution in [3.8, 4) is 17.0 Å². The molecule has 0 radical (unpaired) electrons. The molecule has 0 bridgehead atoms. The third-order valence-corrected chi connectivity index (χ3v) is 5.40. The van der Waals surface area contributed by atoms with Crippen molar-refractivity contribution in [3.05, 3.63) is 48.2 Å². The first-order valence-electron chi connectivity index (χ1n) is 9.39. The summed E-state index contributed by atoms with van der Waals surface area (Å²) in [7, 11) is 1.69. The fraction of sp³-hybridized carbons (Fsp3) is 0.476. The highest BCUT2D eigenvalue weighted by Crippen LogP contribution is 2.40. The van der Waals surface area contributed by atoms with E-state index >= 15 is 0 Å². The molecule has 4 nitrogen and oxygen atoms in total. The van der Waals surface area contributed by atoms with Crippen LogP contribution in [0.4, 0.5) is 0 Å². The van der Waals surface area contributed by atoms with Crippen LogP contribution in [-0.2, 0) is 0 Å². The van der Waals surface area contributed by atoms with Crippen molar-refractivity contribution in [3.63, 3.8) is 0 Å². The van der Waals surface area contributed by atoms with Crippen LogP contribution in [-0.4, -0.2) is 49.2 Å². The molecule has 1 aliphatic heterocycles. The lowest BCUT2D eigenvalue weighted by Gasteiger charge is -2.14. The van der Waals surface area contributed by atoms with Crippen molar-refractivity contribution in [2.75, 3.05) is 33.3 Å². The van der Waals surface area contributed by atoms with E-state index in [4.69, 9.17) is 4.74 Å². The molecule has 4 heteroatoms. The van der Waals surface area contributed by atoms with Gasteiger partial charge in [-0.05, 0) is 56.1 Å². The van der Waals surface area contributed by atoms with E-state index in [2.05, 4.69) is 33.4 Å². The molecule has 0 unspecified atom stereocenters. The van der Waals surface area contributed by atoms with Gasteiger partial charge < -0.3 is 15.0 Å². The lowest BCUT2D eigenvalue weighted by atomic mass is 10.1. The lowest BCUT2D eigenvalue weighted by Crippen LogP contribution is -2.31. The zero-order valence-corrected chi connectivity index (χ0v) is 14.9. The van der Waals surface area contributed by atoms with Crippen LogP contribution in [0.2, 0.25) is 0 Å². The molecule has 2 fully saturated rings. The van der Waals surface area contributed by atoms with E-state index in [9.17, 15) is 0 Å². The number of ether oxygens (including phenoxy) is 1. The lowest BCUT2D eigenvalue weighted by molar-refractivity contribution is 0.335. The normalized spacial score (nSPS) is 22.9. The number of aromatic nitrogens is 1. The minimum Gasteiger partial charge on any atom is -0.497 e. The molecular weight excluding hydrogens is 310 g/mol. The van der Waals surface area contributed by atoms with Crippen molar-refractivity contribution in [2.24, 2.45) is 0 Å². The van der Waals surface area contributed by atoms with Crippen molar-refractivity contribution in [2.45, 2.75) is 31.2 Å². The molecule has 2 atom stereocenters. The van der Waals surface area contributed by atoms with Gasteiger partial charge in [0.05, 0.1) is 12.8 Å². The Labute approximate surface area is 150 Å². The molecule has 132 valence electrons. The molecule has 1 aromatic carbocycles. The molecule has 1 aromatic heterocycles. The number of benzene rings is 1. The highest BCUT2D eigenvalue weighted by atomic mass is 16.5. The summed E-state index contributed by atoms with van der Waals surface area (Å²) in [6.45, 7) is 4.86. The van der Waals surface area contributed by atoms with Crippen LogP contribution in [0.1, 0.15) is 30.7 Å². The topological polar surface area (TPSA) is 37.4 Å². The number of pyridine rings is 1. The first-order valence-corrected chi connectivity index (χ1v) is 9.39. The van der Waals surface area contributed by atoms with Crippen molar-refractivity contribution < 1.29 is 4.74 Å². The van der Waals surface area contributed by atoms with E-state index in [1.54, 1.807) is 7.11 Å². The number of likely N-dealkylation sites (tertiary alicyclic amines) is 1. The minimum atomic E-state index is 0.630.